The van der Waals surface area contributed by atoms with Gasteiger partial charge in [-0.2, -0.15) is 0 Å². The summed E-state index contributed by atoms with van der Waals surface area (Å²) in [5.74, 6) is -0.0323. The van der Waals surface area contributed by atoms with E-state index in [1.807, 2.05) is 0 Å². The summed E-state index contributed by atoms with van der Waals surface area (Å²) in [6.07, 6.45) is 42.6. The molecule has 0 aliphatic rings. The molecule has 6 heteroatoms. The molecule has 0 aliphatic heterocycles. The average Bonchev–Trinajstić information content (AvgIpc) is 3.15. The summed E-state index contributed by atoms with van der Waals surface area (Å²) < 4.78 is 16.6. The molecule has 0 N–H and O–H groups in total. The maximum Gasteiger partial charge on any atom is 0.306 e. The van der Waals surface area contributed by atoms with Crippen molar-refractivity contribution in [2.45, 2.75) is 271 Å². The first-order valence-corrected chi connectivity index (χ1v) is 23.9. The smallest absolute Gasteiger partial charge is 0.306 e. The lowest BCUT2D eigenvalue weighted by Crippen LogP contribution is -2.30. The summed E-state index contributed by atoms with van der Waals surface area (Å²) in [4.78, 5) is 37.5. The Balaban J connectivity index is 4.15. The molecule has 0 spiro atoms. The second kappa shape index (κ2) is 42.6. The van der Waals surface area contributed by atoms with Crippen molar-refractivity contribution in [2.75, 3.05) is 13.2 Å². The Kier molecular flexibility index (Phi) is 41.3. The molecule has 0 heterocycles. The van der Waals surface area contributed by atoms with E-state index in [0.29, 0.717) is 19.3 Å². The van der Waals surface area contributed by atoms with Gasteiger partial charge in [-0.1, -0.05) is 227 Å². The van der Waals surface area contributed by atoms with Crippen molar-refractivity contribution in [1.82, 2.24) is 0 Å². The van der Waals surface area contributed by atoms with E-state index in [4.69, 9.17) is 14.2 Å². The minimum absolute atomic E-state index is 0.0643. The SMILES string of the molecule is CCCCCCCCCCCCCCCCCCC(=O)OC[C@H](COC(=O)CCCCCCC)OC(=O)CCCCCCCCCCCCCCC(C)C. The van der Waals surface area contributed by atoms with E-state index in [1.165, 1.54) is 154 Å². The first-order chi connectivity index (χ1) is 26.4. The third kappa shape index (κ3) is 41.6. The number of unbranched alkanes of at least 4 members (excludes halogenated alkanes) is 30. The van der Waals surface area contributed by atoms with Gasteiger partial charge >= 0.3 is 17.9 Å². The van der Waals surface area contributed by atoms with Crippen molar-refractivity contribution in [3.8, 4) is 0 Å². The second-order valence-electron chi connectivity index (χ2n) is 16.9. The van der Waals surface area contributed by atoms with Crippen LogP contribution in [0.25, 0.3) is 0 Å². The Bertz CT molecular complexity index is 811. The molecule has 0 aromatic carbocycles. The molecular weight excluding hydrogens is 673 g/mol. The molecule has 0 rings (SSSR count). The van der Waals surface area contributed by atoms with Crippen molar-refractivity contribution in [3.63, 3.8) is 0 Å². The van der Waals surface area contributed by atoms with Crippen LogP contribution in [-0.4, -0.2) is 37.2 Å². The first-order valence-electron chi connectivity index (χ1n) is 23.9. The van der Waals surface area contributed by atoms with Crippen LogP contribution in [0.15, 0.2) is 0 Å². The molecule has 0 fully saturated rings. The van der Waals surface area contributed by atoms with Crippen molar-refractivity contribution in [3.05, 3.63) is 0 Å². The highest BCUT2D eigenvalue weighted by molar-refractivity contribution is 5.71. The zero-order valence-corrected chi connectivity index (χ0v) is 36.7. The minimum atomic E-state index is -0.758. The van der Waals surface area contributed by atoms with Gasteiger partial charge in [0.15, 0.2) is 6.10 Å². The summed E-state index contributed by atoms with van der Waals surface area (Å²) in [6, 6.07) is 0. The highest BCUT2D eigenvalue weighted by atomic mass is 16.6. The van der Waals surface area contributed by atoms with Crippen LogP contribution in [0.1, 0.15) is 265 Å². The fourth-order valence-electron chi connectivity index (χ4n) is 7.16. The van der Waals surface area contributed by atoms with Crippen LogP contribution in [0.3, 0.4) is 0 Å². The highest BCUT2D eigenvalue weighted by Gasteiger charge is 2.19. The van der Waals surface area contributed by atoms with Crippen LogP contribution in [-0.2, 0) is 28.6 Å². The third-order valence-electron chi connectivity index (χ3n) is 10.8. The van der Waals surface area contributed by atoms with Gasteiger partial charge in [-0.3, -0.25) is 14.4 Å². The fraction of sp³-hybridized carbons (Fsp3) is 0.938. The lowest BCUT2D eigenvalue weighted by atomic mass is 10.0. The van der Waals surface area contributed by atoms with E-state index in [9.17, 15) is 14.4 Å². The molecule has 0 saturated carbocycles. The summed E-state index contributed by atoms with van der Waals surface area (Å²) in [5, 5.41) is 0. The van der Waals surface area contributed by atoms with Crippen LogP contribution < -0.4 is 0 Å². The van der Waals surface area contributed by atoms with Crippen LogP contribution in [0, 0.1) is 5.92 Å². The van der Waals surface area contributed by atoms with E-state index < -0.39 is 6.10 Å². The average molecular weight is 765 g/mol. The molecule has 320 valence electrons. The quantitative estimate of drug-likeness (QED) is 0.0349. The molecular formula is C48H92O6. The molecule has 0 saturated heterocycles. The molecule has 1 atom stereocenters. The number of carbonyl (C=O) groups excluding carboxylic acids is 3. The van der Waals surface area contributed by atoms with Crippen molar-refractivity contribution in [1.29, 1.82) is 0 Å². The summed E-state index contributed by atoms with van der Waals surface area (Å²) in [5.41, 5.74) is 0. The summed E-state index contributed by atoms with van der Waals surface area (Å²) in [7, 11) is 0. The number of hydrogen-bond donors (Lipinski definition) is 0. The largest absolute Gasteiger partial charge is 0.462 e. The van der Waals surface area contributed by atoms with Gasteiger partial charge in [0.1, 0.15) is 13.2 Å². The Morgan fingerprint density at radius 2 is 0.611 bits per heavy atom. The van der Waals surface area contributed by atoms with E-state index in [0.717, 1.165) is 70.1 Å². The molecule has 0 unspecified atom stereocenters. The summed E-state index contributed by atoms with van der Waals surface area (Å²) in [6.45, 7) is 8.93. The normalized spacial score (nSPS) is 11.9. The maximum absolute atomic E-state index is 12.7. The minimum Gasteiger partial charge on any atom is -0.462 e. The third-order valence-corrected chi connectivity index (χ3v) is 10.8. The molecule has 0 aromatic heterocycles. The van der Waals surface area contributed by atoms with Crippen molar-refractivity contribution < 1.29 is 28.6 Å². The monoisotopic (exact) mass is 765 g/mol. The van der Waals surface area contributed by atoms with Crippen molar-refractivity contribution in [2.24, 2.45) is 5.92 Å². The van der Waals surface area contributed by atoms with E-state index in [1.54, 1.807) is 0 Å². The predicted molar refractivity (Wildman–Crippen MR) is 229 cm³/mol. The summed E-state index contributed by atoms with van der Waals surface area (Å²) >= 11 is 0. The standard InChI is InChI=1S/C48H92O6/c1-5-7-9-11-12-13-14-15-16-17-18-22-25-28-32-36-40-47(50)53-43-45(42-52-46(49)39-35-30-10-8-6-2)54-48(51)41-37-33-29-26-23-20-19-21-24-27-31-34-38-44(3)4/h44-45H,5-43H2,1-4H3/t45-/m0/s1. The van der Waals surface area contributed by atoms with Gasteiger partial charge in [0.2, 0.25) is 0 Å². The Morgan fingerprint density at radius 3 is 0.907 bits per heavy atom. The zero-order chi connectivity index (χ0) is 39.6. The first kappa shape index (κ1) is 52.4. The van der Waals surface area contributed by atoms with Gasteiger partial charge in [-0.15, -0.1) is 0 Å². The van der Waals surface area contributed by atoms with Gasteiger partial charge < -0.3 is 14.2 Å². The number of rotatable bonds is 43. The molecule has 0 aromatic rings. The number of esters is 3. The lowest BCUT2D eigenvalue weighted by molar-refractivity contribution is -0.167. The fourth-order valence-corrected chi connectivity index (χ4v) is 7.16. The van der Waals surface area contributed by atoms with Gasteiger partial charge in [0, 0.05) is 19.3 Å². The molecule has 0 radical (unpaired) electrons. The van der Waals surface area contributed by atoms with Crippen LogP contribution in [0.2, 0.25) is 0 Å². The molecule has 54 heavy (non-hydrogen) atoms. The highest BCUT2D eigenvalue weighted by Crippen LogP contribution is 2.17. The van der Waals surface area contributed by atoms with E-state index in [2.05, 4.69) is 27.7 Å². The predicted octanol–water partition coefficient (Wildman–Crippen LogP) is 15.1. The van der Waals surface area contributed by atoms with Crippen LogP contribution in [0.4, 0.5) is 0 Å². The molecule has 0 aliphatic carbocycles. The number of ether oxygens (including phenoxy) is 3. The van der Waals surface area contributed by atoms with Gasteiger partial charge in [0.05, 0.1) is 0 Å². The lowest BCUT2D eigenvalue weighted by Gasteiger charge is -2.18. The van der Waals surface area contributed by atoms with E-state index in [-0.39, 0.29) is 31.1 Å². The number of hydrogen-bond acceptors (Lipinski definition) is 6. The molecule has 0 bridgehead atoms. The zero-order valence-electron chi connectivity index (χ0n) is 36.7. The molecule has 6 nitrogen and oxygen atoms in total. The van der Waals surface area contributed by atoms with Crippen molar-refractivity contribution >= 4 is 17.9 Å². The Morgan fingerprint density at radius 1 is 0.352 bits per heavy atom. The Labute approximate surface area is 336 Å². The van der Waals surface area contributed by atoms with Gasteiger partial charge in [0.25, 0.3) is 0 Å². The van der Waals surface area contributed by atoms with Gasteiger partial charge in [-0.25, -0.2) is 0 Å². The van der Waals surface area contributed by atoms with E-state index >= 15 is 0 Å². The van der Waals surface area contributed by atoms with Crippen LogP contribution >= 0.6 is 0 Å². The second-order valence-corrected chi connectivity index (χ2v) is 16.9. The topological polar surface area (TPSA) is 78.9 Å². The van der Waals surface area contributed by atoms with Gasteiger partial charge in [-0.05, 0) is 25.2 Å². The Hall–Kier alpha value is -1.59. The maximum atomic E-state index is 12.7. The van der Waals surface area contributed by atoms with Crippen LogP contribution in [0.5, 0.6) is 0 Å². The number of carbonyl (C=O) groups is 3. The molecule has 0 amide bonds.